The summed E-state index contributed by atoms with van der Waals surface area (Å²) in [5.41, 5.74) is 1.32. The Hall–Kier alpha value is -1.43. The number of carbonyl (C=O) groups is 1. The molecule has 2 heterocycles. The standard InChI is InChI=1S/C19H28N2O3/c1-15(24-14-18-8-5-11-23-18)19(22)20-17-9-10-21(13-17)12-16-6-3-2-4-7-16/h2-4,6-7,15,17-18H,5,8-14H2,1H3,(H,20,22)/t15-,17+,18-/m0/s1. The molecule has 2 aliphatic heterocycles. The van der Waals surface area contributed by atoms with Crippen molar-refractivity contribution in [1.29, 1.82) is 0 Å². The lowest BCUT2D eigenvalue weighted by atomic mass is 10.2. The minimum Gasteiger partial charge on any atom is -0.376 e. The molecule has 2 fully saturated rings. The first-order valence-electron chi connectivity index (χ1n) is 9.00. The largest absolute Gasteiger partial charge is 0.376 e. The maximum absolute atomic E-state index is 12.3. The molecule has 0 saturated carbocycles. The number of amides is 1. The number of likely N-dealkylation sites (tertiary alicyclic amines) is 1. The highest BCUT2D eigenvalue weighted by molar-refractivity contribution is 5.80. The molecule has 3 rings (SSSR count). The van der Waals surface area contributed by atoms with Crippen molar-refractivity contribution in [2.24, 2.45) is 0 Å². The number of ether oxygens (including phenoxy) is 2. The van der Waals surface area contributed by atoms with Crippen LogP contribution in [0.25, 0.3) is 0 Å². The van der Waals surface area contributed by atoms with Crippen molar-refractivity contribution in [3.8, 4) is 0 Å². The molecule has 5 heteroatoms. The predicted octanol–water partition coefficient (Wildman–Crippen LogP) is 1.96. The Morgan fingerprint density at radius 1 is 1.38 bits per heavy atom. The third-order valence-corrected chi connectivity index (χ3v) is 4.79. The van der Waals surface area contributed by atoms with Crippen molar-refractivity contribution in [1.82, 2.24) is 10.2 Å². The van der Waals surface area contributed by atoms with E-state index in [1.807, 2.05) is 13.0 Å². The number of nitrogens with one attached hydrogen (secondary N) is 1. The first-order valence-corrected chi connectivity index (χ1v) is 9.00. The molecule has 2 aliphatic rings. The molecule has 1 N–H and O–H groups in total. The van der Waals surface area contributed by atoms with Gasteiger partial charge in [0.25, 0.3) is 0 Å². The first-order chi connectivity index (χ1) is 11.7. The summed E-state index contributed by atoms with van der Waals surface area (Å²) in [5, 5.41) is 3.12. The Morgan fingerprint density at radius 3 is 2.96 bits per heavy atom. The van der Waals surface area contributed by atoms with Gasteiger partial charge in [-0.05, 0) is 31.7 Å². The fourth-order valence-corrected chi connectivity index (χ4v) is 3.36. The lowest BCUT2D eigenvalue weighted by molar-refractivity contribution is -0.134. The third kappa shape index (κ3) is 5.03. The van der Waals surface area contributed by atoms with Crippen LogP contribution in [0.15, 0.2) is 30.3 Å². The zero-order valence-corrected chi connectivity index (χ0v) is 14.4. The van der Waals surface area contributed by atoms with Gasteiger partial charge in [0, 0.05) is 32.3 Å². The fourth-order valence-electron chi connectivity index (χ4n) is 3.36. The van der Waals surface area contributed by atoms with E-state index in [9.17, 15) is 4.79 Å². The normalized spacial score (nSPS) is 25.7. The summed E-state index contributed by atoms with van der Waals surface area (Å²) in [7, 11) is 0. The Bertz CT molecular complexity index is 517. The van der Waals surface area contributed by atoms with Crippen LogP contribution in [0, 0.1) is 0 Å². The Kier molecular flexibility index (Phi) is 6.24. The topological polar surface area (TPSA) is 50.8 Å². The van der Waals surface area contributed by atoms with E-state index in [0.717, 1.165) is 45.5 Å². The van der Waals surface area contributed by atoms with Gasteiger partial charge in [-0.1, -0.05) is 30.3 Å². The van der Waals surface area contributed by atoms with E-state index in [2.05, 4.69) is 34.5 Å². The van der Waals surface area contributed by atoms with Crippen LogP contribution < -0.4 is 5.32 Å². The van der Waals surface area contributed by atoms with E-state index in [4.69, 9.17) is 9.47 Å². The number of hydrogen-bond donors (Lipinski definition) is 1. The molecule has 0 radical (unpaired) electrons. The molecule has 1 aromatic carbocycles. The average Bonchev–Trinajstić information content (AvgIpc) is 3.25. The predicted molar refractivity (Wildman–Crippen MR) is 92.7 cm³/mol. The monoisotopic (exact) mass is 332 g/mol. The fraction of sp³-hybridized carbons (Fsp3) is 0.632. The SMILES string of the molecule is C[C@H](OC[C@@H]1CCCO1)C(=O)N[C@@H]1CCN(Cc2ccccc2)C1. The molecule has 0 unspecified atom stereocenters. The van der Waals surface area contributed by atoms with Crippen LogP contribution in [0.1, 0.15) is 31.7 Å². The summed E-state index contributed by atoms with van der Waals surface area (Å²) in [4.78, 5) is 14.7. The zero-order valence-electron chi connectivity index (χ0n) is 14.4. The summed E-state index contributed by atoms with van der Waals surface area (Å²) < 4.78 is 11.2. The van der Waals surface area contributed by atoms with Gasteiger partial charge in [0.05, 0.1) is 12.7 Å². The van der Waals surface area contributed by atoms with Crippen LogP contribution in [-0.2, 0) is 20.8 Å². The molecule has 24 heavy (non-hydrogen) atoms. The van der Waals surface area contributed by atoms with Crippen molar-refractivity contribution < 1.29 is 14.3 Å². The van der Waals surface area contributed by atoms with E-state index in [1.165, 1.54) is 5.56 Å². The van der Waals surface area contributed by atoms with Crippen LogP contribution in [-0.4, -0.2) is 55.4 Å². The van der Waals surface area contributed by atoms with Crippen LogP contribution >= 0.6 is 0 Å². The van der Waals surface area contributed by atoms with Gasteiger partial charge in [0.15, 0.2) is 0 Å². The third-order valence-electron chi connectivity index (χ3n) is 4.79. The van der Waals surface area contributed by atoms with E-state index in [0.29, 0.717) is 6.61 Å². The summed E-state index contributed by atoms with van der Waals surface area (Å²) in [6.07, 6.45) is 2.86. The van der Waals surface area contributed by atoms with E-state index >= 15 is 0 Å². The Balaban J connectivity index is 1.37. The Labute approximate surface area is 144 Å². The Morgan fingerprint density at radius 2 is 2.21 bits per heavy atom. The number of hydrogen-bond acceptors (Lipinski definition) is 4. The van der Waals surface area contributed by atoms with Crippen molar-refractivity contribution >= 4 is 5.91 Å². The molecule has 1 amide bonds. The molecule has 0 bridgehead atoms. The smallest absolute Gasteiger partial charge is 0.249 e. The van der Waals surface area contributed by atoms with Crippen LogP contribution in [0.3, 0.4) is 0 Å². The molecule has 0 aliphatic carbocycles. The highest BCUT2D eigenvalue weighted by Gasteiger charge is 2.26. The molecule has 0 aromatic heterocycles. The highest BCUT2D eigenvalue weighted by Crippen LogP contribution is 2.15. The van der Waals surface area contributed by atoms with Gasteiger partial charge in [-0.15, -0.1) is 0 Å². The lowest BCUT2D eigenvalue weighted by Crippen LogP contribution is -2.43. The maximum Gasteiger partial charge on any atom is 0.249 e. The number of nitrogens with zero attached hydrogens (tertiary/aromatic N) is 1. The first kappa shape index (κ1) is 17.4. The van der Waals surface area contributed by atoms with Crippen molar-refractivity contribution in [3.63, 3.8) is 0 Å². The molecule has 132 valence electrons. The summed E-state index contributed by atoms with van der Waals surface area (Å²) in [6, 6.07) is 10.7. The zero-order chi connectivity index (χ0) is 16.8. The molecule has 3 atom stereocenters. The average molecular weight is 332 g/mol. The van der Waals surface area contributed by atoms with E-state index < -0.39 is 6.10 Å². The van der Waals surface area contributed by atoms with Crippen molar-refractivity contribution in [2.75, 3.05) is 26.3 Å². The van der Waals surface area contributed by atoms with Gasteiger partial charge in [0.1, 0.15) is 6.10 Å². The molecular weight excluding hydrogens is 304 g/mol. The molecular formula is C19H28N2O3. The number of carbonyl (C=O) groups excluding carboxylic acids is 1. The van der Waals surface area contributed by atoms with E-state index in [-0.39, 0.29) is 18.1 Å². The molecule has 5 nitrogen and oxygen atoms in total. The van der Waals surface area contributed by atoms with Crippen LogP contribution in [0.4, 0.5) is 0 Å². The van der Waals surface area contributed by atoms with Crippen molar-refractivity contribution in [3.05, 3.63) is 35.9 Å². The molecule has 1 aromatic rings. The van der Waals surface area contributed by atoms with Crippen LogP contribution in [0.2, 0.25) is 0 Å². The second kappa shape index (κ2) is 8.60. The summed E-state index contributed by atoms with van der Waals surface area (Å²) >= 11 is 0. The lowest BCUT2D eigenvalue weighted by Gasteiger charge is -2.20. The van der Waals surface area contributed by atoms with Crippen LogP contribution in [0.5, 0.6) is 0 Å². The summed E-state index contributed by atoms with van der Waals surface area (Å²) in [6.45, 7) is 6.01. The van der Waals surface area contributed by atoms with Gasteiger partial charge in [0.2, 0.25) is 5.91 Å². The highest BCUT2D eigenvalue weighted by atomic mass is 16.5. The minimum absolute atomic E-state index is 0.0143. The van der Waals surface area contributed by atoms with Gasteiger partial charge < -0.3 is 14.8 Å². The minimum atomic E-state index is -0.419. The second-order valence-corrected chi connectivity index (χ2v) is 6.83. The molecule has 0 spiro atoms. The van der Waals surface area contributed by atoms with Crippen molar-refractivity contribution in [2.45, 2.75) is 51.0 Å². The maximum atomic E-state index is 12.3. The number of rotatable bonds is 7. The van der Waals surface area contributed by atoms with Gasteiger partial charge in [-0.3, -0.25) is 9.69 Å². The number of benzene rings is 1. The van der Waals surface area contributed by atoms with Gasteiger partial charge in [-0.25, -0.2) is 0 Å². The van der Waals surface area contributed by atoms with Gasteiger partial charge >= 0.3 is 0 Å². The molecule has 2 saturated heterocycles. The second-order valence-electron chi connectivity index (χ2n) is 6.83. The van der Waals surface area contributed by atoms with Gasteiger partial charge in [-0.2, -0.15) is 0 Å². The summed E-state index contributed by atoms with van der Waals surface area (Å²) in [5.74, 6) is -0.0143. The van der Waals surface area contributed by atoms with E-state index in [1.54, 1.807) is 0 Å². The quantitative estimate of drug-likeness (QED) is 0.829.